The molecule has 0 saturated heterocycles. The van der Waals surface area contributed by atoms with Crippen molar-refractivity contribution in [1.29, 1.82) is 0 Å². The van der Waals surface area contributed by atoms with E-state index >= 15 is 0 Å². The molecule has 1 N–H and O–H groups in total. The van der Waals surface area contributed by atoms with Gasteiger partial charge in [-0.25, -0.2) is 0 Å². The first-order chi connectivity index (χ1) is 10.1. The van der Waals surface area contributed by atoms with Crippen LogP contribution in [0.3, 0.4) is 0 Å². The third kappa shape index (κ3) is 4.90. The van der Waals surface area contributed by atoms with Gasteiger partial charge in [0.25, 0.3) is 0 Å². The number of hydrogen-bond acceptors (Lipinski definition) is 5. The zero-order valence-electron chi connectivity index (χ0n) is 12.8. The third-order valence-corrected chi connectivity index (χ3v) is 5.06. The molecule has 0 aliphatic carbocycles. The molecule has 1 aromatic carbocycles. The second-order valence-electron chi connectivity index (χ2n) is 5.16. The van der Waals surface area contributed by atoms with Gasteiger partial charge in [-0.1, -0.05) is 0 Å². The van der Waals surface area contributed by atoms with Gasteiger partial charge in [0.15, 0.2) is 11.5 Å². The smallest absolute Gasteiger partial charge is 0.162 e. The Bertz CT molecular complexity index is 508. The van der Waals surface area contributed by atoms with E-state index in [2.05, 4.69) is 30.6 Å². The molecular weight excluding hydrogens is 306 g/mol. The van der Waals surface area contributed by atoms with Crippen LogP contribution in [0.4, 0.5) is 0 Å². The van der Waals surface area contributed by atoms with Gasteiger partial charge in [-0.2, -0.15) is 0 Å². The molecule has 0 radical (unpaired) electrons. The predicted molar refractivity (Wildman–Crippen MR) is 89.1 cm³/mol. The Morgan fingerprint density at radius 2 is 2.00 bits per heavy atom. The maximum Gasteiger partial charge on any atom is 0.162 e. The number of benzene rings is 1. The van der Waals surface area contributed by atoms with Crippen LogP contribution in [-0.2, 0) is 17.3 Å². The van der Waals surface area contributed by atoms with Gasteiger partial charge in [-0.05, 0) is 37.3 Å². The van der Waals surface area contributed by atoms with Crippen LogP contribution in [0.5, 0.6) is 11.5 Å². The molecule has 0 saturated carbocycles. The SMILES string of the molecule is CSc1cc2c(cc1CNC(C)CCS(C)=O)OCCO2. The third-order valence-electron chi connectivity index (χ3n) is 3.42. The first-order valence-corrected chi connectivity index (χ1v) is 10.0. The average molecular weight is 329 g/mol. The van der Waals surface area contributed by atoms with Crippen molar-refractivity contribution in [3.05, 3.63) is 17.7 Å². The summed E-state index contributed by atoms with van der Waals surface area (Å²) in [7, 11) is -0.723. The van der Waals surface area contributed by atoms with E-state index in [0.29, 0.717) is 19.3 Å². The lowest BCUT2D eigenvalue weighted by atomic mass is 10.1. The molecular formula is C15H23NO3S2. The second-order valence-corrected chi connectivity index (χ2v) is 7.56. The van der Waals surface area contributed by atoms with Gasteiger partial charge in [-0.3, -0.25) is 4.21 Å². The van der Waals surface area contributed by atoms with Crippen molar-refractivity contribution < 1.29 is 13.7 Å². The summed E-state index contributed by atoms with van der Waals surface area (Å²) in [6, 6.07) is 4.47. The molecule has 0 bridgehead atoms. The normalized spacial score (nSPS) is 16.5. The van der Waals surface area contributed by atoms with Crippen LogP contribution in [0.1, 0.15) is 18.9 Å². The molecule has 0 fully saturated rings. The summed E-state index contributed by atoms with van der Waals surface area (Å²) in [5, 5.41) is 3.49. The highest BCUT2D eigenvalue weighted by Gasteiger charge is 2.16. The largest absolute Gasteiger partial charge is 0.486 e. The molecule has 2 atom stereocenters. The van der Waals surface area contributed by atoms with E-state index in [0.717, 1.165) is 30.2 Å². The average Bonchev–Trinajstić information content (AvgIpc) is 2.49. The Morgan fingerprint density at radius 1 is 1.33 bits per heavy atom. The van der Waals surface area contributed by atoms with Gasteiger partial charge in [-0.15, -0.1) is 11.8 Å². The monoisotopic (exact) mass is 329 g/mol. The molecule has 1 aliphatic heterocycles. The van der Waals surface area contributed by atoms with E-state index in [1.165, 1.54) is 10.5 Å². The first-order valence-electron chi connectivity index (χ1n) is 7.10. The van der Waals surface area contributed by atoms with E-state index in [9.17, 15) is 4.21 Å². The standard InChI is InChI=1S/C15H23NO3S2/c1-11(4-7-21(3)17)16-10-12-8-13-14(9-15(12)20-2)19-6-5-18-13/h8-9,11,16H,4-7,10H2,1-3H3. The van der Waals surface area contributed by atoms with E-state index in [1.807, 2.05) is 0 Å². The van der Waals surface area contributed by atoms with Crippen molar-refractivity contribution in [3.8, 4) is 11.5 Å². The molecule has 1 aromatic rings. The number of thioether (sulfide) groups is 1. The molecule has 6 heteroatoms. The predicted octanol–water partition coefficient (Wildman–Crippen LogP) is 2.43. The minimum Gasteiger partial charge on any atom is -0.486 e. The minimum atomic E-state index is -0.723. The van der Waals surface area contributed by atoms with Crippen molar-refractivity contribution in [2.45, 2.75) is 30.8 Å². The maximum atomic E-state index is 11.1. The Kier molecular flexibility index (Phi) is 6.39. The Hall–Kier alpha value is -0.720. The molecule has 0 amide bonds. The maximum absolute atomic E-state index is 11.1. The summed E-state index contributed by atoms with van der Waals surface area (Å²) >= 11 is 1.71. The highest BCUT2D eigenvalue weighted by atomic mass is 32.2. The molecule has 2 unspecified atom stereocenters. The van der Waals surface area contributed by atoms with Crippen LogP contribution in [0, 0.1) is 0 Å². The molecule has 0 aromatic heterocycles. The topological polar surface area (TPSA) is 47.6 Å². The van der Waals surface area contributed by atoms with Crippen molar-refractivity contribution in [1.82, 2.24) is 5.32 Å². The van der Waals surface area contributed by atoms with Crippen LogP contribution >= 0.6 is 11.8 Å². The number of rotatable bonds is 7. The summed E-state index contributed by atoms with van der Waals surface area (Å²) in [6.45, 7) is 4.13. The van der Waals surface area contributed by atoms with E-state index in [4.69, 9.17) is 9.47 Å². The number of ether oxygens (including phenoxy) is 2. The zero-order valence-corrected chi connectivity index (χ0v) is 14.4. The Labute approximate surface area is 133 Å². The van der Waals surface area contributed by atoms with E-state index in [1.54, 1.807) is 18.0 Å². The summed E-state index contributed by atoms with van der Waals surface area (Å²) in [5.74, 6) is 2.41. The number of hydrogen-bond donors (Lipinski definition) is 1. The summed E-state index contributed by atoms with van der Waals surface area (Å²) in [5.41, 5.74) is 1.22. The molecule has 21 heavy (non-hydrogen) atoms. The highest BCUT2D eigenvalue weighted by Crippen LogP contribution is 2.36. The summed E-state index contributed by atoms with van der Waals surface area (Å²) in [4.78, 5) is 1.21. The van der Waals surface area contributed by atoms with Crippen LogP contribution in [0.2, 0.25) is 0 Å². The van der Waals surface area contributed by atoms with Crippen LogP contribution in [-0.4, -0.2) is 41.7 Å². The zero-order chi connectivity index (χ0) is 15.2. The molecule has 0 spiro atoms. The molecule has 4 nitrogen and oxygen atoms in total. The summed E-state index contributed by atoms with van der Waals surface area (Å²) < 4.78 is 22.4. The number of fused-ring (bicyclic) bond motifs is 1. The fourth-order valence-electron chi connectivity index (χ4n) is 2.17. The lowest BCUT2D eigenvalue weighted by Gasteiger charge is -2.21. The van der Waals surface area contributed by atoms with E-state index < -0.39 is 10.8 Å². The Morgan fingerprint density at radius 3 is 2.62 bits per heavy atom. The van der Waals surface area contributed by atoms with Gasteiger partial charge in [0.2, 0.25) is 0 Å². The van der Waals surface area contributed by atoms with Crippen molar-refractivity contribution in [2.24, 2.45) is 0 Å². The van der Waals surface area contributed by atoms with Gasteiger partial charge in [0, 0.05) is 40.3 Å². The second kappa shape index (κ2) is 8.06. The molecule has 1 heterocycles. The minimum absolute atomic E-state index is 0.344. The lowest BCUT2D eigenvalue weighted by molar-refractivity contribution is 0.171. The first kappa shape index (κ1) is 16.6. The Balaban J connectivity index is 2.00. The van der Waals surface area contributed by atoms with E-state index in [-0.39, 0.29) is 0 Å². The lowest BCUT2D eigenvalue weighted by Crippen LogP contribution is -2.27. The number of nitrogens with one attached hydrogen (secondary N) is 1. The van der Waals surface area contributed by atoms with Crippen molar-refractivity contribution >= 4 is 22.6 Å². The van der Waals surface area contributed by atoms with Gasteiger partial charge in [0.1, 0.15) is 13.2 Å². The van der Waals surface area contributed by atoms with Crippen molar-refractivity contribution in [3.63, 3.8) is 0 Å². The molecule has 118 valence electrons. The molecule has 1 aliphatic rings. The highest BCUT2D eigenvalue weighted by molar-refractivity contribution is 7.98. The summed E-state index contributed by atoms with van der Waals surface area (Å²) in [6.07, 6.45) is 4.74. The quantitative estimate of drug-likeness (QED) is 0.779. The van der Waals surface area contributed by atoms with Gasteiger partial charge >= 0.3 is 0 Å². The van der Waals surface area contributed by atoms with Crippen molar-refractivity contribution in [2.75, 3.05) is 31.5 Å². The fraction of sp³-hybridized carbons (Fsp3) is 0.600. The van der Waals surface area contributed by atoms with Gasteiger partial charge < -0.3 is 14.8 Å². The van der Waals surface area contributed by atoms with Crippen LogP contribution < -0.4 is 14.8 Å². The molecule has 2 rings (SSSR count). The van der Waals surface area contributed by atoms with Crippen LogP contribution in [0.25, 0.3) is 0 Å². The fourth-order valence-corrected chi connectivity index (χ4v) is 3.47. The van der Waals surface area contributed by atoms with Crippen LogP contribution in [0.15, 0.2) is 17.0 Å². The van der Waals surface area contributed by atoms with Gasteiger partial charge in [0.05, 0.1) is 0 Å².